The summed E-state index contributed by atoms with van der Waals surface area (Å²) >= 11 is 0. The fourth-order valence-electron chi connectivity index (χ4n) is 3.27. The van der Waals surface area contributed by atoms with Crippen molar-refractivity contribution >= 4 is 0 Å². The lowest BCUT2D eigenvalue weighted by atomic mass is 9.97. The van der Waals surface area contributed by atoms with Gasteiger partial charge < -0.3 is 0 Å². The van der Waals surface area contributed by atoms with Crippen molar-refractivity contribution in [1.82, 2.24) is 0 Å². The molecule has 0 aliphatic heterocycles. The highest BCUT2D eigenvalue weighted by molar-refractivity contribution is 5.43. The maximum atomic E-state index is 13.4. The molecule has 0 aromatic heterocycles. The molecule has 3 saturated carbocycles. The molecule has 0 saturated heterocycles. The second-order valence-electron chi connectivity index (χ2n) is 4.20. The minimum atomic E-state index is -3.69. The van der Waals surface area contributed by atoms with Crippen molar-refractivity contribution in [3.63, 3.8) is 0 Å². The molecule has 3 aliphatic carbocycles. The van der Waals surface area contributed by atoms with Gasteiger partial charge in [-0.25, -0.2) is 8.78 Å². The smallest absolute Gasteiger partial charge is 0.233 e. The lowest BCUT2D eigenvalue weighted by Gasteiger charge is -2.13. The van der Waals surface area contributed by atoms with Crippen LogP contribution in [0.1, 0.15) is 19.3 Å². The molecular weight excluding hydrogens is 172 g/mol. The van der Waals surface area contributed by atoms with Gasteiger partial charge in [-0.3, -0.25) is 0 Å². The van der Waals surface area contributed by atoms with Crippen LogP contribution in [0.4, 0.5) is 17.6 Å². The Hall–Kier alpha value is -0.280. The van der Waals surface area contributed by atoms with E-state index < -0.39 is 29.1 Å². The van der Waals surface area contributed by atoms with Crippen LogP contribution in [0.2, 0.25) is 0 Å². The zero-order valence-electron chi connectivity index (χ0n) is 6.29. The number of alkyl halides is 4. The first-order valence-corrected chi connectivity index (χ1v) is 4.22. The van der Waals surface area contributed by atoms with Crippen LogP contribution in [-0.2, 0) is 0 Å². The highest BCUT2D eigenvalue weighted by Gasteiger charge is 3.03. The first kappa shape index (κ1) is 7.15. The lowest BCUT2D eigenvalue weighted by molar-refractivity contribution is -0.00758. The van der Waals surface area contributed by atoms with Crippen molar-refractivity contribution in [1.29, 1.82) is 0 Å². The lowest BCUT2D eigenvalue weighted by Crippen LogP contribution is -2.24. The second kappa shape index (κ2) is 1.42. The van der Waals surface area contributed by atoms with E-state index in [0.29, 0.717) is 19.3 Å². The first-order chi connectivity index (χ1) is 5.46. The van der Waals surface area contributed by atoms with Gasteiger partial charge in [0.2, 0.25) is 11.3 Å². The van der Waals surface area contributed by atoms with Gasteiger partial charge in [-0.1, -0.05) is 0 Å². The van der Waals surface area contributed by atoms with Crippen molar-refractivity contribution in [2.45, 2.75) is 36.5 Å². The Morgan fingerprint density at radius 3 is 1.58 bits per heavy atom. The molecule has 0 aromatic carbocycles. The maximum absolute atomic E-state index is 13.4. The van der Waals surface area contributed by atoms with Gasteiger partial charge in [-0.15, -0.1) is 0 Å². The van der Waals surface area contributed by atoms with Gasteiger partial charge in [0.25, 0.3) is 0 Å². The highest BCUT2D eigenvalue weighted by Crippen LogP contribution is 2.82. The molecule has 0 N–H and O–H groups in total. The molecule has 12 heavy (non-hydrogen) atoms. The van der Waals surface area contributed by atoms with Crippen molar-refractivity contribution in [3.8, 4) is 0 Å². The zero-order valence-corrected chi connectivity index (χ0v) is 6.29. The van der Waals surface area contributed by atoms with Gasteiger partial charge in [-0.05, 0) is 19.3 Å². The van der Waals surface area contributed by atoms with Crippen LogP contribution in [0.25, 0.3) is 0 Å². The third-order valence-corrected chi connectivity index (χ3v) is 3.94. The number of fused-ring (bicyclic) bond motifs is 5. The van der Waals surface area contributed by atoms with Crippen LogP contribution in [0.3, 0.4) is 0 Å². The van der Waals surface area contributed by atoms with Crippen LogP contribution < -0.4 is 0 Å². The fraction of sp³-hybridized carbons (Fsp3) is 1.00. The Bertz CT molecular complexity index is 240. The molecule has 4 unspecified atom stereocenters. The maximum Gasteiger partial charge on any atom is 0.322 e. The third-order valence-electron chi connectivity index (χ3n) is 3.94. The third kappa shape index (κ3) is 0.354. The molecule has 4 atom stereocenters. The van der Waals surface area contributed by atoms with Crippen LogP contribution in [0.15, 0.2) is 0 Å². The van der Waals surface area contributed by atoms with E-state index >= 15 is 0 Å². The Morgan fingerprint density at radius 1 is 0.833 bits per heavy atom. The normalized spacial score (nSPS) is 65.0. The predicted molar refractivity (Wildman–Crippen MR) is 33.5 cm³/mol. The van der Waals surface area contributed by atoms with E-state index in [2.05, 4.69) is 0 Å². The monoisotopic (exact) mass is 180 g/mol. The molecule has 0 heterocycles. The van der Waals surface area contributed by atoms with E-state index in [9.17, 15) is 17.6 Å². The van der Waals surface area contributed by atoms with Crippen molar-refractivity contribution in [2.75, 3.05) is 0 Å². The molecule has 0 amide bonds. The van der Waals surface area contributed by atoms with Crippen LogP contribution in [-0.4, -0.2) is 17.3 Å². The SMILES string of the molecule is FC1(F)C2(F)C3CCC(C3)C12F. The summed E-state index contributed by atoms with van der Waals surface area (Å²) in [4.78, 5) is 0. The van der Waals surface area contributed by atoms with E-state index in [-0.39, 0.29) is 0 Å². The molecule has 2 bridgehead atoms. The van der Waals surface area contributed by atoms with Gasteiger partial charge >= 0.3 is 5.92 Å². The molecule has 3 aliphatic rings. The van der Waals surface area contributed by atoms with Crippen LogP contribution in [0.5, 0.6) is 0 Å². The van der Waals surface area contributed by atoms with E-state index in [0.717, 1.165) is 0 Å². The Balaban J connectivity index is 2.13. The number of rotatable bonds is 0. The van der Waals surface area contributed by atoms with Crippen LogP contribution >= 0.6 is 0 Å². The van der Waals surface area contributed by atoms with Crippen molar-refractivity contribution in [3.05, 3.63) is 0 Å². The van der Waals surface area contributed by atoms with E-state index in [4.69, 9.17) is 0 Å². The summed E-state index contributed by atoms with van der Waals surface area (Å²) in [6.45, 7) is 0. The second-order valence-corrected chi connectivity index (χ2v) is 4.20. The van der Waals surface area contributed by atoms with Gasteiger partial charge in [0.05, 0.1) is 0 Å². The predicted octanol–water partition coefficient (Wildman–Crippen LogP) is 2.48. The largest absolute Gasteiger partial charge is 0.322 e. The van der Waals surface area contributed by atoms with E-state index in [1.165, 1.54) is 0 Å². The fourth-order valence-corrected chi connectivity index (χ4v) is 3.27. The Labute approximate surface area is 66.9 Å². The summed E-state index contributed by atoms with van der Waals surface area (Å²) in [7, 11) is 0. The summed E-state index contributed by atoms with van der Waals surface area (Å²) < 4.78 is 52.4. The summed E-state index contributed by atoms with van der Waals surface area (Å²) in [5, 5.41) is 0. The van der Waals surface area contributed by atoms with Gasteiger partial charge in [0, 0.05) is 11.8 Å². The number of halogens is 4. The van der Waals surface area contributed by atoms with Gasteiger partial charge in [0.1, 0.15) is 0 Å². The molecular formula is C8H8F4. The zero-order chi connectivity index (χ0) is 8.78. The summed E-state index contributed by atoms with van der Waals surface area (Å²) in [5.41, 5.74) is -5.58. The standard InChI is InChI=1S/C8H8F4/c9-6-4-1-2-5(3-4)7(6,10)8(6,11)12/h4-5H,1-3H2. The average Bonchev–Trinajstić information content (AvgIpc) is 2.49. The van der Waals surface area contributed by atoms with Crippen LogP contribution in [0, 0.1) is 11.8 Å². The molecule has 0 nitrogen and oxygen atoms in total. The minimum absolute atomic E-state index is 0.322. The Morgan fingerprint density at radius 2 is 1.25 bits per heavy atom. The average molecular weight is 180 g/mol. The highest BCUT2D eigenvalue weighted by atomic mass is 19.3. The van der Waals surface area contributed by atoms with Gasteiger partial charge in [0.15, 0.2) is 0 Å². The summed E-state index contributed by atoms with van der Waals surface area (Å²) in [5.74, 6) is -5.13. The first-order valence-electron chi connectivity index (χ1n) is 4.22. The van der Waals surface area contributed by atoms with Crippen molar-refractivity contribution in [2.24, 2.45) is 11.8 Å². The summed E-state index contributed by atoms with van der Waals surface area (Å²) in [6, 6.07) is 0. The molecule has 0 spiro atoms. The Kier molecular flexibility index (Phi) is 0.846. The van der Waals surface area contributed by atoms with E-state index in [1.807, 2.05) is 0 Å². The summed E-state index contributed by atoms with van der Waals surface area (Å²) in [6.07, 6.45) is 1.19. The molecule has 4 heteroatoms. The molecule has 0 aromatic rings. The molecule has 3 fully saturated rings. The number of hydrogen-bond donors (Lipinski definition) is 0. The minimum Gasteiger partial charge on any atom is -0.233 e. The molecule has 68 valence electrons. The van der Waals surface area contributed by atoms with E-state index in [1.54, 1.807) is 0 Å². The van der Waals surface area contributed by atoms with Crippen molar-refractivity contribution < 1.29 is 17.6 Å². The molecule has 3 rings (SSSR count). The quantitative estimate of drug-likeness (QED) is 0.502. The number of hydrogen-bond acceptors (Lipinski definition) is 0. The molecule has 0 radical (unpaired) electrons. The van der Waals surface area contributed by atoms with Gasteiger partial charge in [-0.2, -0.15) is 8.78 Å². The topological polar surface area (TPSA) is 0 Å².